The molecule has 0 spiro atoms. The van der Waals surface area contributed by atoms with Crippen molar-refractivity contribution in [2.45, 2.75) is 0 Å². The maximum absolute atomic E-state index is 9.84. The van der Waals surface area contributed by atoms with Crippen molar-refractivity contribution in [1.82, 2.24) is 0 Å². The molecule has 0 bridgehead atoms. The molecule has 0 aliphatic carbocycles. The average molecular weight is 92.1 g/mol. The van der Waals surface area contributed by atoms with Gasteiger partial charge in [-0.3, -0.25) is 5.73 Å². The van der Waals surface area contributed by atoms with Crippen molar-refractivity contribution in [3.8, 4) is 0 Å². The van der Waals surface area contributed by atoms with Crippen LogP contribution >= 0.6 is 7.80 Å². The fourth-order valence-corrected chi connectivity index (χ4v) is 0. The van der Waals surface area contributed by atoms with Crippen molar-refractivity contribution in [2.75, 3.05) is 13.0 Å². The van der Waals surface area contributed by atoms with Crippen LogP contribution in [0.4, 0.5) is 0 Å². The molecule has 2 N–H and O–H groups in total. The number of nitrogens with two attached hydrogens (primary N) is 1. The molecule has 0 aliphatic heterocycles. The van der Waals surface area contributed by atoms with E-state index in [1.165, 1.54) is 0 Å². The van der Waals surface area contributed by atoms with Crippen LogP contribution < -0.4 is 5.73 Å². The lowest BCUT2D eigenvalue weighted by Crippen LogP contribution is -1.89. The molecule has 0 aliphatic rings. The molecule has 0 radical (unpaired) electrons. The van der Waals surface area contributed by atoms with E-state index < -0.39 is 7.80 Å². The summed E-state index contributed by atoms with van der Waals surface area (Å²) in [4.78, 5) is 0. The standard InChI is InChI=1S/C2H7NOP/c1-5(4)2-3/h2-3H2,1H3/q+1. The zero-order valence-corrected chi connectivity index (χ0v) is 4.03. The van der Waals surface area contributed by atoms with Crippen molar-refractivity contribution < 1.29 is 4.57 Å². The second-order valence-electron chi connectivity index (χ2n) is 0.810. The summed E-state index contributed by atoms with van der Waals surface area (Å²) in [5.74, 6) is 0. The van der Waals surface area contributed by atoms with Gasteiger partial charge in [-0.25, -0.2) is 0 Å². The Hall–Kier alpha value is 0.0600. The molecule has 1 atom stereocenters. The summed E-state index contributed by atoms with van der Waals surface area (Å²) in [6, 6.07) is 0. The summed E-state index contributed by atoms with van der Waals surface area (Å²) in [6.45, 7) is 1.61. The van der Waals surface area contributed by atoms with Gasteiger partial charge in [-0.2, -0.15) is 0 Å². The molecule has 0 fully saturated rings. The summed E-state index contributed by atoms with van der Waals surface area (Å²) in [6.07, 6.45) is 0.315. The van der Waals surface area contributed by atoms with E-state index in [9.17, 15) is 4.57 Å². The Morgan fingerprint density at radius 3 is 2.20 bits per heavy atom. The van der Waals surface area contributed by atoms with Gasteiger partial charge in [0.25, 0.3) is 0 Å². The molecule has 0 heterocycles. The molecule has 0 amide bonds. The Bertz CT molecular complexity index is 44.9. The number of hydrogen-bond donors (Lipinski definition) is 1. The van der Waals surface area contributed by atoms with Gasteiger partial charge in [-0.05, 0) is 0 Å². The van der Waals surface area contributed by atoms with Gasteiger partial charge >= 0.3 is 7.80 Å². The first-order valence-corrected chi connectivity index (χ1v) is 3.25. The van der Waals surface area contributed by atoms with E-state index in [1.54, 1.807) is 6.66 Å². The van der Waals surface area contributed by atoms with E-state index in [2.05, 4.69) is 0 Å². The van der Waals surface area contributed by atoms with Crippen molar-refractivity contribution in [3.63, 3.8) is 0 Å². The Kier molecular flexibility index (Phi) is 2.33. The fourth-order valence-electron chi connectivity index (χ4n) is 0. The minimum absolute atomic E-state index is 0.315. The highest BCUT2D eigenvalue weighted by atomic mass is 31.1. The van der Waals surface area contributed by atoms with E-state index in [1.807, 2.05) is 0 Å². The summed E-state index contributed by atoms with van der Waals surface area (Å²) in [7, 11) is -1.07. The third-order valence-corrected chi connectivity index (χ3v) is 0.771. The van der Waals surface area contributed by atoms with E-state index in [4.69, 9.17) is 5.73 Å². The average Bonchev–Trinajstić information content (AvgIpc) is 1.38. The maximum atomic E-state index is 9.84. The molecule has 3 heteroatoms. The number of hydrogen-bond acceptors (Lipinski definition) is 2. The van der Waals surface area contributed by atoms with Crippen molar-refractivity contribution in [2.24, 2.45) is 5.73 Å². The SMILES string of the molecule is C[P+](=O)CN. The van der Waals surface area contributed by atoms with Crippen molar-refractivity contribution in [3.05, 3.63) is 0 Å². The summed E-state index contributed by atoms with van der Waals surface area (Å²) in [5, 5.41) is 0. The quantitative estimate of drug-likeness (QED) is 0.474. The molecule has 0 aromatic rings. The van der Waals surface area contributed by atoms with Gasteiger partial charge in [0.1, 0.15) is 6.66 Å². The zero-order chi connectivity index (χ0) is 4.28. The van der Waals surface area contributed by atoms with Crippen LogP contribution in [0.3, 0.4) is 0 Å². The topological polar surface area (TPSA) is 43.1 Å². The Balaban J connectivity index is 2.85. The van der Waals surface area contributed by atoms with E-state index in [0.717, 1.165) is 0 Å². The second kappa shape index (κ2) is 2.31. The fraction of sp³-hybridized carbons (Fsp3) is 1.00. The van der Waals surface area contributed by atoms with Crippen LogP contribution in [-0.4, -0.2) is 13.0 Å². The summed E-state index contributed by atoms with van der Waals surface area (Å²) < 4.78 is 9.84. The first kappa shape index (κ1) is 5.06. The first-order valence-electron chi connectivity index (χ1n) is 1.35. The highest BCUT2D eigenvalue weighted by molar-refractivity contribution is 7.43. The van der Waals surface area contributed by atoms with Crippen LogP contribution in [0, 0.1) is 0 Å². The highest BCUT2D eigenvalue weighted by Gasteiger charge is 1.93. The van der Waals surface area contributed by atoms with Crippen molar-refractivity contribution in [1.29, 1.82) is 0 Å². The highest BCUT2D eigenvalue weighted by Crippen LogP contribution is 2.05. The lowest BCUT2D eigenvalue weighted by molar-refractivity contribution is 0.591. The van der Waals surface area contributed by atoms with E-state index >= 15 is 0 Å². The van der Waals surface area contributed by atoms with Crippen molar-refractivity contribution >= 4 is 7.80 Å². The molecule has 30 valence electrons. The molecule has 0 rings (SSSR count). The van der Waals surface area contributed by atoms with Crippen LogP contribution in [-0.2, 0) is 4.57 Å². The van der Waals surface area contributed by atoms with Gasteiger partial charge in [0.15, 0.2) is 6.29 Å². The lowest BCUT2D eigenvalue weighted by atomic mass is 11.5. The van der Waals surface area contributed by atoms with Crippen LogP contribution in [0.2, 0.25) is 0 Å². The first-order chi connectivity index (χ1) is 2.27. The number of rotatable bonds is 1. The van der Waals surface area contributed by atoms with Gasteiger partial charge < -0.3 is 0 Å². The predicted octanol–water partition coefficient (Wildman–Crippen LogP) is 0.360. The van der Waals surface area contributed by atoms with Gasteiger partial charge in [-0.15, -0.1) is 0 Å². The molecule has 0 aromatic carbocycles. The zero-order valence-electron chi connectivity index (χ0n) is 3.14. The van der Waals surface area contributed by atoms with Crippen LogP contribution in [0.15, 0.2) is 0 Å². The Morgan fingerprint density at radius 2 is 2.20 bits per heavy atom. The lowest BCUT2D eigenvalue weighted by Gasteiger charge is -1.57. The Morgan fingerprint density at radius 1 is 2.00 bits per heavy atom. The minimum Gasteiger partial charge on any atom is -0.290 e. The van der Waals surface area contributed by atoms with Gasteiger partial charge in [0.2, 0.25) is 0 Å². The second-order valence-corrected chi connectivity index (χ2v) is 2.43. The van der Waals surface area contributed by atoms with Gasteiger partial charge in [-0.1, -0.05) is 4.57 Å². The molecule has 5 heavy (non-hydrogen) atoms. The third kappa shape index (κ3) is 4.06. The van der Waals surface area contributed by atoms with Crippen LogP contribution in [0.25, 0.3) is 0 Å². The van der Waals surface area contributed by atoms with Gasteiger partial charge in [0, 0.05) is 0 Å². The smallest absolute Gasteiger partial charge is 0.290 e. The normalized spacial score (nSPS) is 11.2. The third-order valence-electron chi connectivity index (χ3n) is 0.257. The molecular weight excluding hydrogens is 85.0 g/mol. The molecule has 0 saturated carbocycles. The summed E-state index contributed by atoms with van der Waals surface area (Å²) in [5.41, 5.74) is 4.89. The largest absolute Gasteiger partial charge is 0.350 e. The minimum atomic E-state index is -1.07. The predicted molar refractivity (Wildman–Crippen MR) is 22.6 cm³/mol. The Labute approximate surface area is 32.1 Å². The molecular formula is C2H7NOP+. The summed E-state index contributed by atoms with van der Waals surface area (Å²) >= 11 is 0. The van der Waals surface area contributed by atoms with E-state index in [0.29, 0.717) is 6.29 Å². The monoisotopic (exact) mass is 92.0 g/mol. The molecule has 2 nitrogen and oxygen atoms in total. The molecule has 1 unspecified atom stereocenters. The van der Waals surface area contributed by atoms with Crippen LogP contribution in [0.1, 0.15) is 0 Å². The molecule has 0 saturated heterocycles. The van der Waals surface area contributed by atoms with Gasteiger partial charge in [0.05, 0.1) is 0 Å². The maximum Gasteiger partial charge on any atom is 0.350 e. The van der Waals surface area contributed by atoms with E-state index in [-0.39, 0.29) is 0 Å². The van der Waals surface area contributed by atoms with Crippen LogP contribution in [0.5, 0.6) is 0 Å². The molecule has 0 aromatic heterocycles.